The van der Waals surface area contributed by atoms with Gasteiger partial charge in [-0.2, -0.15) is 0 Å². The Morgan fingerprint density at radius 3 is 2.53 bits per heavy atom. The molecule has 0 amide bonds. The molecule has 1 fully saturated rings. The molecule has 1 rings (SSSR count). The molecule has 0 aromatic carbocycles. The van der Waals surface area contributed by atoms with Crippen LogP contribution in [0.15, 0.2) is 0 Å². The quantitative estimate of drug-likeness (QED) is 0.612. The van der Waals surface area contributed by atoms with Gasteiger partial charge in [-0.3, -0.25) is 4.90 Å². The minimum Gasteiger partial charge on any atom is -0.395 e. The molecule has 1 aliphatic carbocycles. The van der Waals surface area contributed by atoms with Crippen LogP contribution in [0.2, 0.25) is 0 Å². The minimum absolute atomic E-state index is 0.00239. The first-order chi connectivity index (χ1) is 9.17. The summed E-state index contributed by atoms with van der Waals surface area (Å²) in [5, 5.41) is 19.2. The Hall–Kier alpha value is -0.200. The van der Waals surface area contributed by atoms with Crippen LogP contribution in [0.25, 0.3) is 0 Å². The molecule has 5 heteroatoms. The van der Waals surface area contributed by atoms with E-state index >= 15 is 0 Å². The molecule has 114 valence electrons. The highest BCUT2D eigenvalue weighted by Gasteiger charge is 2.24. The third-order valence-corrected chi connectivity index (χ3v) is 3.65. The summed E-state index contributed by atoms with van der Waals surface area (Å²) in [6.07, 6.45) is 4.35. The average molecular weight is 275 g/mol. The molecule has 2 atom stereocenters. The summed E-state index contributed by atoms with van der Waals surface area (Å²) in [7, 11) is 1.64. The molecule has 1 aliphatic rings. The maximum atomic E-state index is 10.0. The van der Waals surface area contributed by atoms with E-state index in [1.54, 1.807) is 7.11 Å². The molecule has 0 heterocycles. The van der Waals surface area contributed by atoms with Crippen molar-refractivity contribution in [3.05, 3.63) is 0 Å². The Morgan fingerprint density at radius 1 is 1.26 bits per heavy atom. The number of hydrogen-bond acceptors (Lipinski definition) is 5. The summed E-state index contributed by atoms with van der Waals surface area (Å²) >= 11 is 0. The van der Waals surface area contributed by atoms with Crippen LogP contribution in [-0.2, 0) is 9.47 Å². The highest BCUT2D eigenvalue weighted by atomic mass is 16.5. The molecule has 0 aliphatic heterocycles. The summed E-state index contributed by atoms with van der Waals surface area (Å²) in [4.78, 5) is 2.20. The second-order valence-corrected chi connectivity index (χ2v) is 5.41. The smallest absolute Gasteiger partial charge is 0.0900 e. The standard InChI is InChI=1S/C14H29NO4/c1-12(10-18-2)19-11-14(17)9-15(7-8-16)13-5-3-4-6-13/h12-14,16-17H,3-11H2,1-2H3. The van der Waals surface area contributed by atoms with Gasteiger partial charge in [0.05, 0.1) is 32.0 Å². The molecule has 0 bridgehead atoms. The fraction of sp³-hybridized carbons (Fsp3) is 1.00. The lowest BCUT2D eigenvalue weighted by Gasteiger charge is -2.30. The molecular formula is C14H29NO4. The van der Waals surface area contributed by atoms with Crippen molar-refractivity contribution in [2.75, 3.05) is 40.0 Å². The zero-order valence-corrected chi connectivity index (χ0v) is 12.3. The maximum Gasteiger partial charge on any atom is 0.0900 e. The van der Waals surface area contributed by atoms with E-state index in [2.05, 4.69) is 4.90 Å². The number of aliphatic hydroxyl groups excluding tert-OH is 2. The summed E-state index contributed by atoms with van der Waals surface area (Å²) in [5.41, 5.74) is 0. The van der Waals surface area contributed by atoms with Crippen LogP contribution in [-0.4, -0.2) is 73.4 Å². The number of ether oxygens (including phenoxy) is 2. The molecular weight excluding hydrogens is 246 g/mol. The lowest BCUT2D eigenvalue weighted by molar-refractivity contribution is -0.0437. The van der Waals surface area contributed by atoms with Gasteiger partial charge in [0.25, 0.3) is 0 Å². The van der Waals surface area contributed by atoms with Crippen molar-refractivity contribution in [2.24, 2.45) is 0 Å². The van der Waals surface area contributed by atoms with Crippen LogP contribution < -0.4 is 0 Å². The number of methoxy groups -OCH3 is 1. The van der Waals surface area contributed by atoms with E-state index in [9.17, 15) is 5.11 Å². The van der Waals surface area contributed by atoms with E-state index in [1.165, 1.54) is 25.7 Å². The van der Waals surface area contributed by atoms with Crippen LogP contribution in [0.1, 0.15) is 32.6 Å². The van der Waals surface area contributed by atoms with E-state index in [0.29, 0.717) is 32.3 Å². The second-order valence-electron chi connectivity index (χ2n) is 5.41. The molecule has 0 saturated heterocycles. The Kier molecular flexibility index (Phi) is 8.57. The van der Waals surface area contributed by atoms with Crippen molar-refractivity contribution in [1.82, 2.24) is 4.90 Å². The average Bonchev–Trinajstić information content (AvgIpc) is 2.90. The maximum absolute atomic E-state index is 10.0. The fourth-order valence-corrected chi connectivity index (χ4v) is 2.70. The third-order valence-electron chi connectivity index (χ3n) is 3.65. The SMILES string of the molecule is COCC(C)OCC(O)CN(CCO)C1CCCC1. The highest BCUT2D eigenvalue weighted by Crippen LogP contribution is 2.23. The number of nitrogens with zero attached hydrogens (tertiary/aromatic N) is 1. The van der Waals surface area contributed by atoms with E-state index in [1.807, 2.05) is 6.92 Å². The van der Waals surface area contributed by atoms with Gasteiger partial charge in [-0.05, 0) is 19.8 Å². The first-order valence-electron chi connectivity index (χ1n) is 7.30. The molecule has 1 saturated carbocycles. The van der Waals surface area contributed by atoms with Gasteiger partial charge in [-0.25, -0.2) is 0 Å². The van der Waals surface area contributed by atoms with Crippen molar-refractivity contribution in [3.8, 4) is 0 Å². The van der Waals surface area contributed by atoms with Gasteiger partial charge in [0.15, 0.2) is 0 Å². The van der Waals surface area contributed by atoms with Crippen molar-refractivity contribution in [3.63, 3.8) is 0 Å². The summed E-state index contributed by atoms with van der Waals surface area (Å²) in [6.45, 7) is 4.14. The fourth-order valence-electron chi connectivity index (χ4n) is 2.70. The predicted octanol–water partition coefficient (Wildman–Crippen LogP) is 0.636. The zero-order valence-electron chi connectivity index (χ0n) is 12.3. The van der Waals surface area contributed by atoms with Crippen LogP contribution in [0, 0.1) is 0 Å². The Bertz CT molecular complexity index is 221. The molecule has 19 heavy (non-hydrogen) atoms. The summed E-state index contributed by atoms with van der Waals surface area (Å²) in [6, 6.07) is 0.512. The lowest BCUT2D eigenvalue weighted by atomic mass is 10.2. The lowest BCUT2D eigenvalue weighted by Crippen LogP contribution is -2.42. The summed E-state index contributed by atoms with van der Waals surface area (Å²) in [5.74, 6) is 0. The number of aliphatic hydroxyl groups is 2. The topological polar surface area (TPSA) is 62.2 Å². The Morgan fingerprint density at radius 2 is 1.95 bits per heavy atom. The van der Waals surface area contributed by atoms with E-state index in [0.717, 1.165) is 0 Å². The Labute approximate surface area is 116 Å². The molecule has 0 radical (unpaired) electrons. The van der Waals surface area contributed by atoms with Crippen molar-refractivity contribution in [1.29, 1.82) is 0 Å². The van der Waals surface area contributed by atoms with Gasteiger partial charge in [0, 0.05) is 26.2 Å². The van der Waals surface area contributed by atoms with Gasteiger partial charge in [-0.15, -0.1) is 0 Å². The normalized spacial score (nSPS) is 20.1. The monoisotopic (exact) mass is 275 g/mol. The minimum atomic E-state index is -0.508. The number of hydrogen-bond donors (Lipinski definition) is 2. The van der Waals surface area contributed by atoms with Gasteiger partial charge >= 0.3 is 0 Å². The second kappa shape index (κ2) is 9.66. The molecule has 2 N–H and O–H groups in total. The molecule has 5 nitrogen and oxygen atoms in total. The number of rotatable bonds is 10. The van der Waals surface area contributed by atoms with Crippen LogP contribution in [0.4, 0.5) is 0 Å². The molecule has 2 unspecified atom stereocenters. The Balaban J connectivity index is 2.27. The largest absolute Gasteiger partial charge is 0.395 e. The van der Waals surface area contributed by atoms with Gasteiger partial charge in [0.2, 0.25) is 0 Å². The third kappa shape index (κ3) is 6.68. The van der Waals surface area contributed by atoms with Crippen LogP contribution >= 0.6 is 0 Å². The van der Waals surface area contributed by atoms with Crippen molar-refractivity contribution >= 4 is 0 Å². The molecule has 0 aromatic heterocycles. The molecule has 0 spiro atoms. The van der Waals surface area contributed by atoms with Crippen LogP contribution in [0.3, 0.4) is 0 Å². The van der Waals surface area contributed by atoms with E-state index < -0.39 is 6.10 Å². The molecule has 0 aromatic rings. The first-order valence-corrected chi connectivity index (χ1v) is 7.30. The van der Waals surface area contributed by atoms with Crippen molar-refractivity contribution < 1.29 is 19.7 Å². The summed E-state index contributed by atoms with van der Waals surface area (Å²) < 4.78 is 10.5. The highest BCUT2D eigenvalue weighted by molar-refractivity contribution is 4.79. The van der Waals surface area contributed by atoms with E-state index in [4.69, 9.17) is 14.6 Å². The van der Waals surface area contributed by atoms with Crippen LogP contribution in [0.5, 0.6) is 0 Å². The van der Waals surface area contributed by atoms with Gasteiger partial charge < -0.3 is 19.7 Å². The predicted molar refractivity (Wildman–Crippen MR) is 74.2 cm³/mol. The van der Waals surface area contributed by atoms with Crippen molar-refractivity contribution in [2.45, 2.75) is 50.9 Å². The van der Waals surface area contributed by atoms with Gasteiger partial charge in [0.1, 0.15) is 0 Å². The van der Waals surface area contributed by atoms with Gasteiger partial charge in [-0.1, -0.05) is 12.8 Å². The first kappa shape index (κ1) is 16.9. The van der Waals surface area contributed by atoms with E-state index in [-0.39, 0.29) is 12.7 Å². The zero-order chi connectivity index (χ0) is 14.1.